The third-order valence-corrected chi connectivity index (χ3v) is 3.60. The zero-order valence-electron chi connectivity index (χ0n) is 12.4. The highest BCUT2D eigenvalue weighted by molar-refractivity contribution is 5.78. The second-order valence-corrected chi connectivity index (χ2v) is 5.22. The molecule has 0 atom stereocenters. The fourth-order valence-electron chi connectivity index (χ4n) is 2.27. The molecule has 0 aliphatic heterocycles. The van der Waals surface area contributed by atoms with Gasteiger partial charge in [-0.3, -0.25) is 4.79 Å². The Morgan fingerprint density at radius 3 is 2.38 bits per heavy atom. The molecule has 0 saturated carbocycles. The van der Waals surface area contributed by atoms with Gasteiger partial charge in [0.25, 0.3) is 0 Å². The van der Waals surface area contributed by atoms with E-state index in [0.717, 1.165) is 17.5 Å². The highest BCUT2D eigenvalue weighted by atomic mass is 16.1. The van der Waals surface area contributed by atoms with E-state index in [1.807, 2.05) is 36.4 Å². The second kappa shape index (κ2) is 7.60. The minimum absolute atomic E-state index is 0.0593. The number of benzene rings is 2. The monoisotopic (exact) mass is 282 g/mol. The van der Waals surface area contributed by atoms with E-state index in [2.05, 4.69) is 24.4 Å². The van der Waals surface area contributed by atoms with Gasteiger partial charge in [-0.2, -0.15) is 0 Å². The maximum atomic E-state index is 11.9. The van der Waals surface area contributed by atoms with Gasteiger partial charge >= 0.3 is 0 Å². The van der Waals surface area contributed by atoms with Gasteiger partial charge in [-0.25, -0.2) is 0 Å². The lowest BCUT2D eigenvalue weighted by molar-refractivity contribution is -0.120. The van der Waals surface area contributed by atoms with Crippen LogP contribution in [0.3, 0.4) is 0 Å². The third kappa shape index (κ3) is 4.72. The van der Waals surface area contributed by atoms with Crippen LogP contribution in [0, 0.1) is 6.92 Å². The van der Waals surface area contributed by atoms with E-state index in [0.29, 0.717) is 19.5 Å². The van der Waals surface area contributed by atoms with Crippen molar-refractivity contribution < 1.29 is 4.79 Å². The standard InChI is InChI=1S/C18H22N2O/c1-14-4-2-3-5-17(14)10-11-20-18(21)12-15-6-8-16(13-19)9-7-15/h2-9H,10-13,19H2,1H3,(H,20,21). The zero-order valence-corrected chi connectivity index (χ0v) is 12.4. The van der Waals surface area contributed by atoms with Gasteiger partial charge in [0.05, 0.1) is 6.42 Å². The summed E-state index contributed by atoms with van der Waals surface area (Å²) in [6.45, 7) is 3.30. The number of amides is 1. The van der Waals surface area contributed by atoms with Crippen molar-refractivity contribution in [1.29, 1.82) is 0 Å². The second-order valence-electron chi connectivity index (χ2n) is 5.22. The topological polar surface area (TPSA) is 55.1 Å². The van der Waals surface area contributed by atoms with Crippen molar-refractivity contribution in [3.63, 3.8) is 0 Å². The van der Waals surface area contributed by atoms with Crippen LogP contribution in [0.1, 0.15) is 22.3 Å². The molecule has 0 aliphatic rings. The van der Waals surface area contributed by atoms with E-state index in [1.54, 1.807) is 0 Å². The molecule has 0 spiro atoms. The number of hydrogen-bond donors (Lipinski definition) is 2. The van der Waals surface area contributed by atoms with E-state index < -0.39 is 0 Å². The third-order valence-electron chi connectivity index (χ3n) is 3.60. The van der Waals surface area contributed by atoms with Gasteiger partial charge in [-0.05, 0) is 35.6 Å². The molecule has 3 nitrogen and oxygen atoms in total. The molecule has 0 unspecified atom stereocenters. The molecular formula is C18H22N2O. The van der Waals surface area contributed by atoms with Crippen LogP contribution in [0.5, 0.6) is 0 Å². The molecule has 110 valence electrons. The lowest BCUT2D eigenvalue weighted by Gasteiger charge is -2.08. The minimum Gasteiger partial charge on any atom is -0.355 e. The summed E-state index contributed by atoms with van der Waals surface area (Å²) < 4.78 is 0. The summed E-state index contributed by atoms with van der Waals surface area (Å²) in [6.07, 6.45) is 1.28. The van der Waals surface area contributed by atoms with Crippen molar-refractivity contribution in [1.82, 2.24) is 5.32 Å². The summed E-state index contributed by atoms with van der Waals surface area (Å²) in [6, 6.07) is 16.1. The number of aryl methyl sites for hydroxylation is 1. The minimum atomic E-state index is 0.0593. The zero-order chi connectivity index (χ0) is 15.1. The smallest absolute Gasteiger partial charge is 0.224 e. The van der Waals surface area contributed by atoms with Gasteiger partial charge in [-0.1, -0.05) is 48.5 Å². The Morgan fingerprint density at radius 2 is 1.71 bits per heavy atom. The maximum Gasteiger partial charge on any atom is 0.224 e. The van der Waals surface area contributed by atoms with Crippen LogP contribution in [0.15, 0.2) is 48.5 Å². The molecular weight excluding hydrogens is 260 g/mol. The van der Waals surface area contributed by atoms with Crippen molar-refractivity contribution in [3.8, 4) is 0 Å². The molecule has 21 heavy (non-hydrogen) atoms. The molecule has 0 radical (unpaired) electrons. The van der Waals surface area contributed by atoms with Crippen molar-refractivity contribution in [2.24, 2.45) is 5.73 Å². The normalized spacial score (nSPS) is 10.4. The molecule has 2 rings (SSSR count). The van der Waals surface area contributed by atoms with E-state index in [4.69, 9.17) is 5.73 Å². The number of carbonyl (C=O) groups is 1. The maximum absolute atomic E-state index is 11.9. The van der Waals surface area contributed by atoms with Gasteiger partial charge in [0, 0.05) is 13.1 Å². The first-order valence-corrected chi connectivity index (χ1v) is 7.28. The number of hydrogen-bond acceptors (Lipinski definition) is 2. The fourth-order valence-corrected chi connectivity index (χ4v) is 2.27. The Hall–Kier alpha value is -2.13. The number of carbonyl (C=O) groups excluding carboxylic acids is 1. The van der Waals surface area contributed by atoms with Crippen LogP contribution in [0.25, 0.3) is 0 Å². The van der Waals surface area contributed by atoms with Crippen LogP contribution < -0.4 is 11.1 Å². The Bertz CT molecular complexity index is 590. The molecule has 0 aromatic heterocycles. The average Bonchev–Trinajstić information content (AvgIpc) is 2.50. The van der Waals surface area contributed by atoms with Crippen LogP contribution in [0.2, 0.25) is 0 Å². The summed E-state index contributed by atoms with van der Waals surface area (Å²) in [5.41, 5.74) is 10.2. The quantitative estimate of drug-likeness (QED) is 0.854. The van der Waals surface area contributed by atoms with Gasteiger partial charge in [0.2, 0.25) is 5.91 Å². The van der Waals surface area contributed by atoms with Crippen LogP contribution in [0.4, 0.5) is 0 Å². The van der Waals surface area contributed by atoms with Crippen LogP contribution >= 0.6 is 0 Å². The molecule has 2 aromatic carbocycles. The van der Waals surface area contributed by atoms with Crippen molar-refractivity contribution in [2.75, 3.05) is 6.54 Å². The van der Waals surface area contributed by atoms with E-state index in [1.165, 1.54) is 11.1 Å². The molecule has 0 fully saturated rings. The molecule has 0 saturated heterocycles. The SMILES string of the molecule is Cc1ccccc1CCNC(=O)Cc1ccc(CN)cc1. The van der Waals surface area contributed by atoms with Gasteiger partial charge in [0.1, 0.15) is 0 Å². The summed E-state index contributed by atoms with van der Waals surface area (Å²) >= 11 is 0. The van der Waals surface area contributed by atoms with Gasteiger partial charge < -0.3 is 11.1 Å². The molecule has 2 aromatic rings. The van der Waals surface area contributed by atoms with Crippen molar-refractivity contribution >= 4 is 5.91 Å². The average molecular weight is 282 g/mol. The highest BCUT2D eigenvalue weighted by Crippen LogP contribution is 2.07. The van der Waals surface area contributed by atoms with Crippen LogP contribution in [-0.4, -0.2) is 12.5 Å². The molecule has 1 amide bonds. The molecule has 3 N–H and O–H groups in total. The predicted molar refractivity (Wildman–Crippen MR) is 85.9 cm³/mol. The van der Waals surface area contributed by atoms with E-state index in [9.17, 15) is 4.79 Å². The Labute approximate surface area is 126 Å². The fraction of sp³-hybridized carbons (Fsp3) is 0.278. The van der Waals surface area contributed by atoms with Gasteiger partial charge in [0.15, 0.2) is 0 Å². The largest absolute Gasteiger partial charge is 0.355 e. The van der Waals surface area contributed by atoms with Crippen LogP contribution in [-0.2, 0) is 24.2 Å². The first-order valence-electron chi connectivity index (χ1n) is 7.28. The Morgan fingerprint density at radius 1 is 1.05 bits per heavy atom. The summed E-state index contributed by atoms with van der Waals surface area (Å²) in [4.78, 5) is 11.9. The predicted octanol–water partition coefficient (Wildman–Crippen LogP) is 2.36. The summed E-state index contributed by atoms with van der Waals surface area (Å²) in [7, 11) is 0. The molecule has 0 heterocycles. The first-order chi connectivity index (χ1) is 10.2. The summed E-state index contributed by atoms with van der Waals surface area (Å²) in [5.74, 6) is 0.0593. The molecule has 0 bridgehead atoms. The lowest BCUT2D eigenvalue weighted by atomic mass is 10.1. The van der Waals surface area contributed by atoms with Crippen molar-refractivity contribution in [2.45, 2.75) is 26.3 Å². The highest BCUT2D eigenvalue weighted by Gasteiger charge is 2.04. The van der Waals surface area contributed by atoms with Gasteiger partial charge in [-0.15, -0.1) is 0 Å². The Kier molecular flexibility index (Phi) is 5.52. The number of nitrogens with one attached hydrogen (secondary N) is 1. The van der Waals surface area contributed by atoms with Crippen molar-refractivity contribution in [3.05, 3.63) is 70.8 Å². The lowest BCUT2D eigenvalue weighted by Crippen LogP contribution is -2.27. The summed E-state index contributed by atoms with van der Waals surface area (Å²) in [5, 5.41) is 2.97. The molecule has 3 heteroatoms. The van der Waals surface area contributed by atoms with E-state index >= 15 is 0 Å². The van der Waals surface area contributed by atoms with E-state index in [-0.39, 0.29) is 5.91 Å². The number of rotatable bonds is 6. The number of nitrogens with two attached hydrogens (primary N) is 1. The Balaban J connectivity index is 1.78. The molecule has 0 aliphatic carbocycles. The first kappa shape index (κ1) is 15.3.